The van der Waals surface area contributed by atoms with Crippen LogP contribution in [0.4, 0.5) is 5.69 Å². The maximum Gasteiger partial charge on any atom is 0.323 e. The number of hydrogen-bond donors (Lipinski definition) is 1. The van der Waals surface area contributed by atoms with E-state index < -0.39 is 5.97 Å². The van der Waals surface area contributed by atoms with Gasteiger partial charge in [-0.3, -0.25) is 4.79 Å². The van der Waals surface area contributed by atoms with Crippen molar-refractivity contribution in [2.45, 2.75) is 6.54 Å². The molecule has 0 bridgehead atoms. The Labute approximate surface area is 128 Å². The number of carboxylic acids is 1. The molecule has 0 amide bonds. The molecule has 4 nitrogen and oxygen atoms in total. The second kappa shape index (κ2) is 6.99. The Hall–Kier alpha value is -2.20. The van der Waals surface area contributed by atoms with Crippen LogP contribution < -0.4 is 9.64 Å². The van der Waals surface area contributed by atoms with Gasteiger partial charge in [0.1, 0.15) is 12.3 Å². The third-order valence-electron chi connectivity index (χ3n) is 3.03. The van der Waals surface area contributed by atoms with Gasteiger partial charge in [0.25, 0.3) is 0 Å². The van der Waals surface area contributed by atoms with Gasteiger partial charge < -0.3 is 14.7 Å². The van der Waals surface area contributed by atoms with Crippen molar-refractivity contribution >= 4 is 23.3 Å². The molecule has 2 rings (SSSR count). The van der Waals surface area contributed by atoms with E-state index in [2.05, 4.69) is 0 Å². The number of nitrogens with zero attached hydrogens (tertiary/aromatic N) is 1. The van der Waals surface area contributed by atoms with Crippen LogP contribution in [0.2, 0.25) is 5.02 Å². The maximum atomic E-state index is 11.1. The minimum atomic E-state index is -0.882. The highest BCUT2D eigenvalue weighted by Crippen LogP contribution is 2.21. The van der Waals surface area contributed by atoms with Gasteiger partial charge in [0.2, 0.25) is 0 Å². The standard InChI is InChI=1S/C16H16ClNO3/c1-21-15-4-2-3-12(9-15)10-18(11-16(19)20)14-7-5-13(17)6-8-14/h2-9H,10-11H2,1H3,(H,19,20). The van der Waals surface area contributed by atoms with E-state index in [-0.39, 0.29) is 6.54 Å². The summed E-state index contributed by atoms with van der Waals surface area (Å²) < 4.78 is 5.19. The summed E-state index contributed by atoms with van der Waals surface area (Å²) in [4.78, 5) is 12.8. The van der Waals surface area contributed by atoms with Crippen LogP contribution in [-0.4, -0.2) is 24.7 Å². The van der Waals surface area contributed by atoms with Gasteiger partial charge in [-0.1, -0.05) is 23.7 Å². The molecule has 1 N–H and O–H groups in total. The lowest BCUT2D eigenvalue weighted by atomic mass is 10.2. The fourth-order valence-electron chi connectivity index (χ4n) is 2.04. The average Bonchev–Trinajstić information content (AvgIpc) is 2.47. The normalized spacial score (nSPS) is 10.2. The zero-order valence-electron chi connectivity index (χ0n) is 11.6. The Bertz CT molecular complexity index is 613. The zero-order chi connectivity index (χ0) is 15.2. The van der Waals surface area contributed by atoms with Crippen LogP contribution in [0.3, 0.4) is 0 Å². The molecule has 0 saturated carbocycles. The number of rotatable bonds is 6. The number of aliphatic carboxylic acids is 1. The Kier molecular flexibility index (Phi) is 5.06. The smallest absolute Gasteiger partial charge is 0.323 e. The summed E-state index contributed by atoms with van der Waals surface area (Å²) in [5.41, 5.74) is 1.79. The van der Waals surface area contributed by atoms with Crippen LogP contribution in [0.5, 0.6) is 5.75 Å². The van der Waals surface area contributed by atoms with Crippen LogP contribution in [-0.2, 0) is 11.3 Å². The van der Waals surface area contributed by atoms with Crippen LogP contribution in [0.25, 0.3) is 0 Å². The van der Waals surface area contributed by atoms with Crippen molar-refractivity contribution < 1.29 is 14.6 Å². The van der Waals surface area contributed by atoms with E-state index in [0.29, 0.717) is 11.6 Å². The Morgan fingerprint density at radius 3 is 2.57 bits per heavy atom. The predicted octanol–water partition coefficient (Wildman–Crippen LogP) is 3.44. The molecule has 0 aliphatic carbocycles. The summed E-state index contributed by atoms with van der Waals surface area (Å²) in [5, 5.41) is 9.71. The number of anilines is 1. The van der Waals surface area contributed by atoms with Crippen LogP contribution >= 0.6 is 11.6 Å². The molecule has 2 aromatic rings. The number of benzene rings is 2. The van der Waals surface area contributed by atoms with Gasteiger partial charge in [0.15, 0.2) is 0 Å². The molecular weight excluding hydrogens is 290 g/mol. The number of ether oxygens (including phenoxy) is 1. The van der Waals surface area contributed by atoms with Gasteiger partial charge in [-0.25, -0.2) is 0 Å². The topological polar surface area (TPSA) is 49.8 Å². The molecule has 110 valence electrons. The van der Waals surface area contributed by atoms with Crippen molar-refractivity contribution in [2.75, 3.05) is 18.6 Å². The highest BCUT2D eigenvalue weighted by molar-refractivity contribution is 6.30. The number of methoxy groups -OCH3 is 1. The molecule has 0 unspecified atom stereocenters. The lowest BCUT2D eigenvalue weighted by Gasteiger charge is -2.23. The highest BCUT2D eigenvalue weighted by atomic mass is 35.5. The van der Waals surface area contributed by atoms with Gasteiger partial charge in [-0.15, -0.1) is 0 Å². The summed E-state index contributed by atoms with van der Waals surface area (Å²) in [6.45, 7) is 0.393. The first-order valence-electron chi connectivity index (χ1n) is 6.43. The van der Waals surface area contributed by atoms with Crippen molar-refractivity contribution in [1.82, 2.24) is 0 Å². The molecule has 0 aliphatic rings. The number of carboxylic acid groups (broad SMARTS) is 1. The number of halogens is 1. The van der Waals surface area contributed by atoms with Gasteiger partial charge in [0.05, 0.1) is 7.11 Å². The molecular formula is C16H16ClNO3. The second-order valence-electron chi connectivity index (χ2n) is 4.58. The van der Waals surface area contributed by atoms with Crippen LogP contribution in [0.1, 0.15) is 5.56 Å². The van der Waals surface area contributed by atoms with Crippen LogP contribution in [0.15, 0.2) is 48.5 Å². The molecule has 5 heteroatoms. The molecule has 0 spiro atoms. The molecule has 2 aromatic carbocycles. The highest BCUT2D eigenvalue weighted by Gasteiger charge is 2.12. The monoisotopic (exact) mass is 305 g/mol. The van der Waals surface area contributed by atoms with Crippen molar-refractivity contribution in [3.8, 4) is 5.75 Å². The minimum Gasteiger partial charge on any atom is -0.497 e. The third-order valence-corrected chi connectivity index (χ3v) is 3.28. The molecule has 0 atom stereocenters. The number of hydrogen-bond acceptors (Lipinski definition) is 3. The molecule has 0 fully saturated rings. The molecule has 0 radical (unpaired) electrons. The number of carbonyl (C=O) groups is 1. The van der Waals surface area contributed by atoms with Crippen molar-refractivity contribution in [1.29, 1.82) is 0 Å². The van der Waals surface area contributed by atoms with Crippen molar-refractivity contribution in [3.05, 3.63) is 59.1 Å². The summed E-state index contributed by atoms with van der Waals surface area (Å²) in [6.07, 6.45) is 0. The lowest BCUT2D eigenvalue weighted by molar-refractivity contribution is -0.135. The molecule has 0 aliphatic heterocycles. The van der Waals surface area contributed by atoms with E-state index in [1.165, 1.54) is 0 Å². The fourth-order valence-corrected chi connectivity index (χ4v) is 2.17. The molecule has 21 heavy (non-hydrogen) atoms. The van der Waals surface area contributed by atoms with E-state index in [1.807, 2.05) is 36.4 Å². The summed E-state index contributed by atoms with van der Waals surface area (Å²) in [6, 6.07) is 14.7. The first kappa shape index (κ1) is 15.2. The van der Waals surface area contributed by atoms with Gasteiger partial charge in [-0.05, 0) is 42.0 Å². The molecule has 0 heterocycles. The first-order valence-corrected chi connectivity index (χ1v) is 6.81. The SMILES string of the molecule is COc1cccc(CN(CC(=O)O)c2ccc(Cl)cc2)c1. The third kappa shape index (κ3) is 4.39. The quantitative estimate of drug-likeness (QED) is 0.888. The lowest BCUT2D eigenvalue weighted by Crippen LogP contribution is -2.29. The second-order valence-corrected chi connectivity index (χ2v) is 5.01. The summed E-state index contributed by atoms with van der Waals surface area (Å²) in [7, 11) is 1.60. The Morgan fingerprint density at radius 1 is 1.24 bits per heavy atom. The predicted molar refractivity (Wildman–Crippen MR) is 83.1 cm³/mol. The van der Waals surface area contributed by atoms with E-state index in [4.69, 9.17) is 21.4 Å². The summed E-state index contributed by atoms with van der Waals surface area (Å²) in [5.74, 6) is -0.133. The Morgan fingerprint density at radius 2 is 1.95 bits per heavy atom. The Balaban J connectivity index is 2.23. The zero-order valence-corrected chi connectivity index (χ0v) is 12.4. The summed E-state index contributed by atoms with van der Waals surface area (Å²) >= 11 is 5.87. The largest absolute Gasteiger partial charge is 0.497 e. The maximum absolute atomic E-state index is 11.1. The van der Waals surface area contributed by atoms with E-state index in [0.717, 1.165) is 17.0 Å². The molecule has 0 aromatic heterocycles. The van der Waals surface area contributed by atoms with E-state index in [9.17, 15) is 4.79 Å². The molecule has 0 saturated heterocycles. The first-order chi connectivity index (χ1) is 10.1. The van der Waals surface area contributed by atoms with Gasteiger partial charge in [0, 0.05) is 17.3 Å². The minimum absolute atomic E-state index is 0.0845. The average molecular weight is 306 g/mol. The van der Waals surface area contributed by atoms with Gasteiger partial charge >= 0.3 is 5.97 Å². The van der Waals surface area contributed by atoms with Crippen molar-refractivity contribution in [3.63, 3.8) is 0 Å². The van der Waals surface area contributed by atoms with E-state index in [1.54, 1.807) is 24.1 Å². The van der Waals surface area contributed by atoms with Crippen molar-refractivity contribution in [2.24, 2.45) is 0 Å². The van der Waals surface area contributed by atoms with E-state index >= 15 is 0 Å². The van der Waals surface area contributed by atoms with Gasteiger partial charge in [-0.2, -0.15) is 0 Å². The fraction of sp³-hybridized carbons (Fsp3) is 0.188. The van der Waals surface area contributed by atoms with Crippen LogP contribution in [0, 0.1) is 0 Å².